The van der Waals surface area contributed by atoms with Crippen molar-refractivity contribution in [3.05, 3.63) is 15.6 Å². The zero-order valence-corrected chi connectivity index (χ0v) is 17.2. The maximum atomic E-state index is 13.0. The summed E-state index contributed by atoms with van der Waals surface area (Å²) in [5.41, 5.74) is 0.667. The van der Waals surface area contributed by atoms with E-state index in [1.807, 2.05) is 13.8 Å². The normalized spacial score (nSPS) is 30.1. The lowest BCUT2D eigenvalue weighted by Gasteiger charge is -2.39. The number of amides is 2. The molecule has 2 unspecified atom stereocenters. The summed E-state index contributed by atoms with van der Waals surface area (Å²) in [6.07, 6.45) is 6.28. The second kappa shape index (κ2) is 7.41. The number of ether oxygens (including phenoxy) is 1. The van der Waals surface area contributed by atoms with E-state index in [2.05, 4.69) is 15.2 Å². The van der Waals surface area contributed by atoms with Gasteiger partial charge >= 0.3 is 12.0 Å². The van der Waals surface area contributed by atoms with Gasteiger partial charge in [0, 0.05) is 12.6 Å². The fraction of sp³-hybridized carbons (Fsp3) is 0.750. The van der Waals surface area contributed by atoms with Crippen LogP contribution in [0.1, 0.15) is 72.4 Å². The molecular formula is C20H29N3O3S. The average molecular weight is 392 g/mol. The van der Waals surface area contributed by atoms with Crippen LogP contribution in [-0.4, -0.2) is 41.1 Å². The Balaban J connectivity index is 1.44. The topological polar surface area (TPSA) is 71.5 Å². The van der Waals surface area contributed by atoms with Gasteiger partial charge in [0.2, 0.25) is 0 Å². The predicted octanol–water partition coefficient (Wildman–Crippen LogP) is 3.91. The highest BCUT2D eigenvalue weighted by Gasteiger charge is 2.44. The number of aromatic nitrogens is 1. The minimum absolute atomic E-state index is 0.0197. The van der Waals surface area contributed by atoms with E-state index in [9.17, 15) is 9.59 Å². The Morgan fingerprint density at radius 2 is 1.89 bits per heavy atom. The molecule has 4 fully saturated rings. The molecule has 3 heterocycles. The Labute approximate surface area is 164 Å². The average Bonchev–Trinajstić information content (AvgIpc) is 2.89. The number of urea groups is 1. The molecule has 0 aromatic carbocycles. The van der Waals surface area contributed by atoms with E-state index in [0.29, 0.717) is 29.1 Å². The summed E-state index contributed by atoms with van der Waals surface area (Å²) in [5.74, 6) is 1.96. The number of carbonyl (C=O) groups is 2. The quantitative estimate of drug-likeness (QED) is 0.790. The van der Waals surface area contributed by atoms with Gasteiger partial charge in [0.1, 0.15) is 9.88 Å². The molecular weight excluding hydrogens is 362 g/mol. The van der Waals surface area contributed by atoms with Crippen molar-refractivity contribution in [1.82, 2.24) is 15.2 Å². The molecule has 148 valence electrons. The molecule has 2 aliphatic carbocycles. The van der Waals surface area contributed by atoms with Crippen molar-refractivity contribution in [2.45, 2.75) is 65.0 Å². The first-order valence-electron chi connectivity index (χ1n) is 10.2. The Kier molecular flexibility index (Phi) is 5.14. The zero-order chi connectivity index (χ0) is 19.1. The maximum Gasteiger partial charge on any atom is 0.350 e. The molecule has 2 amide bonds. The summed E-state index contributed by atoms with van der Waals surface area (Å²) in [7, 11) is 0. The van der Waals surface area contributed by atoms with Gasteiger partial charge in [-0.05, 0) is 70.6 Å². The van der Waals surface area contributed by atoms with E-state index < -0.39 is 0 Å². The van der Waals surface area contributed by atoms with Gasteiger partial charge in [0.25, 0.3) is 0 Å². The molecule has 1 aromatic rings. The Morgan fingerprint density at radius 3 is 2.56 bits per heavy atom. The lowest BCUT2D eigenvalue weighted by atomic mass is 9.68. The second-order valence-corrected chi connectivity index (χ2v) is 9.47. The van der Waals surface area contributed by atoms with Gasteiger partial charge in [-0.15, -0.1) is 11.3 Å². The molecule has 0 radical (unpaired) electrons. The predicted molar refractivity (Wildman–Crippen MR) is 104 cm³/mol. The molecule has 4 bridgehead atoms. The van der Waals surface area contributed by atoms with Crippen molar-refractivity contribution in [2.75, 3.05) is 13.2 Å². The van der Waals surface area contributed by atoms with E-state index in [0.717, 1.165) is 36.2 Å². The van der Waals surface area contributed by atoms with Crippen LogP contribution >= 0.6 is 11.3 Å². The number of nitrogens with one attached hydrogen (secondary N) is 1. The Bertz CT molecular complexity index is 720. The van der Waals surface area contributed by atoms with Crippen LogP contribution < -0.4 is 5.32 Å². The molecule has 7 heteroatoms. The van der Waals surface area contributed by atoms with Crippen molar-refractivity contribution in [1.29, 1.82) is 0 Å². The Morgan fingerprint density at radius 1 is 1.22 bits per heavy atom. The molecule has 2 saturated heterocycles. The smallest absolute Gasteiger partial charge is 0.350 e. The number of carbonyl (C=O) groups excluding carboxylic acids is 2. The molecule has 2 aliphatic heterocycles. The van der Waals surface area contributed by atoms with Gasteiger partial charge in [-0.1, -0.05) is 0 Å². The zero-order valence-electron chi connectivity index (χ0n) is 16.4. The minimum atomic E-state index is -0.335. The molecule has 27 heavy (non-hydrogen) atoms. The van der Waals surface area contributed by atoms with Gasteiger partial charge in [0.05, 0.1) is 18.3 Å². The first-order valence-corrected chi connectivity index (χ1v) is 11.0. The molecule has 0 spiro atoms. The number of nitrogens with zero attached hydrogens (tertiary/aromatic N) is 2. The highest BCUT2D eigenvalue weighted by atomic mass is 32.1. The lowest BCUT2D eigenvalue weighted by Crippen LogP contribution is -2.47. The summed E-state index contributed by atoms with van der Waals surface area (Å²) in [6.45, 7) is 6.77. The fourth-order valence-corrected chi connectivity index (χ4v) is 6.31. The summed E-state index contributed by atoms with van der Waals surface area (Å²) in [6, 6.07) is 0.190. The SMILES string of the molecule is CCOC(=O)c1sc([C@H](C)NC(=O)N2CC3C[C@@H]4CC2C[C@H](C3)C4)nc1C. The van der Waals surface area contributed by atoms with Gasteiger partial charge in [-0.2, -0.15) is 0 Å². The summed E-state index contributed by atoms with van der Waals surface area (Å²) >= 11 is 1.32. The molecule has 1 N–H and O–H groups in total. The van der Waals surface area contributed by atoms with Gasteiger partial charge in [0.15, 0.2) is 0 Å². The number of esters is 1. The third kappa shape index (κ3) is 3.71. The van der Waals surface area contributed by atoms with Crippen molar-refractivity contribution in [3.8, 4) is 0 Å². The van der Waals surface area contributed by atoms with Crippen molar-refractivity contribution in [3.63, 3.8) is 0 Å². The van der Waals surface area contributed by atoms with E-state index in [4.69, 9.17) is 4.74 Å². The number of hydrogen-bond donors (Lipinski definition) is 1. The van der Waals surface area contributed by atoms with Gasteiger partial charge in [-0.3, -0.25) is 0 Å². The largest absolute Gasteiger partial charge is 0.462 e. The fourth-order valence-electron chi connectivity index (χ4n) is 5.35. The molecule has 6 nitrogen and oxygen atoms in total. The lowest BCUT2D eigenvalue weighted by molar-refractivity contribution is 0.0531. The molecule has 5 rings (SSSR count). The molecule has 4 aliphatic rings. The monoisotopic (exact) mass is 391 g/mol. The highest BCUT2D eigenvalue weighted by molar-refractivity contribution is 7.13. The van der Waals surface area contributed by atoms with Crippen LogP contribution in [0.3, 0.4) is 0 Å². The van der Waals surface area contributed by atoms with E-state index in [1.54, 1.807) is 6.92 Å². The number of rotatable bonds is 4. The number of hydrogen-bond acceptors (Lipinski definition) is 5. The maximum absolute atomic E-state index is 13.0. The molecule has 1 aromatic heterocycles. The van der Waals surface area contributed by atoms with E-state index in [1.165, 1.54) is 30.6 Å². The highest BCUT2D eigenvalue weighted by Crippen LogP contribution is 2.47. The van der Waals surface area contributed by atoms with Gasteiger partial charge < -0.3 is 15.0 Å². The third-order valence-corrected chi connectivity index (χ3v) is 7.67. The number of thiazole rings is 1. The first-order chi connectivity index (χ1) is 12.9. The number of fused-ring (bicyclic) bond motifs is 1. The Hall–Kier alpha value is -1.63. The summed E-state index contributed by atoms with van der Waals surface area (Å²) in [4.78, 5) is 32.2. The van der Waals surface area contributed by atoms with Gasteiger partial charge in [-0.25, -0.2) is 14.6 Å². The van der Waals surface area contributed by atoms with Crippen LogP contribution in [0.5, 0.6) is 0 Å². The standard InChI is InChI=1S/C20H29N3O3S/c1-4-26-19(24)17-11(2)21-18(27-17)12(3)22-20(25)23-10-15-6-13-5-14(7-15)9-16(23)8-13/h12-16H,4-10H2,1-3H3,(H,22,25)/t12-,13-,14+,15?,16?/m0/s1. The minimum Gasteiger partial charge on any atom is -0.462 e. The molecule has 2 saturated carbocycles. The van der Waals surface area contributed by atoms with Crippen molar-refractivity contribution < 1.29 is 14.3 Å². The van der Waals surface area contributed by atoms with E-state index in [-0.39, 0.29) is 18.0 Å². The third-order valence-electron chi connectivity index (χ3n) is 6.35. The van der Waals surface area contributed by atoms with Crippen LogP contribution in [0, 0.1) is 24.7 Å². The molecule has 5 atom stereocenters. The first kappa shape index (κ1) is 18.7. The van der Waals surface area contributed by atoms with Crippen LogP contribution in [-0.2, 0) is 4.74 Å². The number of aryl methyl sites for hydroxylation is 1. The summed E-state index contributed by atoms with van der Waals surface area (Å²) in [5, 5.41) is 3.88. The van der Waals surface area contributed by atoms with E-state index >= 15 is 0 Å². The second-order valence-electron chi connectivity index (χ2n) is 8.44. The van der Waals surface area contributed by atoms with Crippen molar-refractivity contribution in [2.24, 2.45) is 17.8 Å². The van der Waals surface area contributed by atoms with Crippen LogP contribution in [0.15, 0.2) is 0 Å². The summed E-state index contributed by atoms with van der Waals surface area (Å²) < 4.78 is 5.09. The van der Waals surface area contributed by atoms with Crippen molar-refractivity contribution >= 4 is 23.3 Å². The van der Waals surface area contributed by atoms with Crippen LogP contribution in [0.2, 0.25) is 0 Å². The van der Waals surface area contributed by atoms with Crippen LogP contribution in [0.4, 0.5) is 4.79 Å². The van der Waals surface area contributed by atoms with Crippen LogP contribution in [0.25, 0.3) is 0 Å².